The van der Waals surface area contributed by atoms with Crippen LogP contribution in [-0.2, 0) is 9.53 Å². The molecule has 1 unspecified atom stereocenters. The van der Waals surface area contributed by atoms with Gasteiger partial charge in [0.25, 0.3) is 0 Å². The molecule has 1 amide bonds. The molecule has 1 atom stereocenters. The highest BCUT2D eigenvalue weighted by Gasteiger charge is 2.06. The quantitative estimate of drug-likeness (QED) is 0.464. The largest absolute Gasteiger partial charge is 0.375 e. The lowest BCUT2D eigenvalue weighted by Gasteiger charge is -2.09. The Kier molecular flexibility index (Phi) is 7.95. The minimum absolute atomic E-state index is 0.0109. The van der Waals surface area contributed by atoms with Crippen LogP contribution in [-0.4, -0.2) is 31.7 Å². The minimum Gasteiger partial charge on any atom is -0.375 e. The molecule has 0 heterocycles. The van der Waals surface area contributed by atoms with Gasteiger partial charge in [-0.25, -0.2) is 0 Å². The van der Waals surface area contributed by atoms with Gasteiger partial charge >= 0.3 is 0 Å². The van der Waals surface area contributed by atoms with E-state index >= 15 is 0 Å². The number of ether oxygens (including phenoxy) is 1. The highest BCUT2D eigenvalue weighted by molar-refractivity contribution is 5.76. The van der Waals surface area contributed by atoms with Gasteiger partial charge in [-0.3, -0.25) is 4.79 Å². The average molecular weight is 214 g/mol. The molecule has 0 aromatic carbocycles. The van der Waals surface area contributed by atoms with E-state index in [0.717, 1.165) is 12.0 Å². The summed E-state index contributed by atoms with van der Waals surface area (Å²) in [5.41, 5.74) is 6.62. The van der Waals surface area contributed by atoms with Crippen LogP contribution in [0.2, 0.25) is 0 Å². The highest BCUT2D eigenvalue weighted by atomic mass is 16.5. The van der Waals surface area contributed by atoms with E-state index in [0.29, 0.717) is 26.2 Å². The number of hydrogen-bond donors (Lipinski definition) is 2. The molecule has 0 aliphatic heterocycles. The summed E-state index contributed by atoms with van der Waals surface area (Å²) < 4.78 is 5.23. The van der Waals surface area contributed by atoms with Crippen molar-refractivity contribution < 1.29 is 9.53 Å². The molecular formula is C11H22N2O2. The fourth-order valence-corrected chi connectivity index (χ4v) is 0.964. The van der Waals surface area contributed by atoms with Crippen molar-refractivity contribution in [3.05, 3.63) is 12.2 Å². The second kappa shape index (κ2) is 8.44. The molecule has 0 aliphatic carbocycles. The monoisotopic (exact) mass is 214 g/mol. The maximum absolute atomic E-state index is 11.2. The van der Waals surface area contributed by atoms with Crippen molar-refractivity contribution in [3.63, 3.8) is 0 Å². The van der Waals surface area contributed by atoms with E-state index in [9.17, 15) is 4.79 Å². The van der Waals surface area contributed by atoms with Crippen LogP contribution in [0.3, 0.4) is 0 Å². The fraction of sp³-hybridized carbons (Fsp3) is 0.727. The van der Waals surface area contributed by atoms with E-state index in [1.165, 1.54) is 0 Å². The lowest BCUT2D eigenvalue weighted by atomic mass is 10.1. The van der Waals surface area contributed by atoms with Gasteiger partial charge in [0.05, 0.1) is 13.2 Å². The van der Waals surface area contributed by atoms with Gasteiger partial charge in [-0.2, -0.15) is 0 Å². The maximum atomic E-state index is 11.2. The third kappa shape index (κ3) is 9.43. The Hall–Kier alpha value is -0.870. The van der Waals surface area contributed by atoms with Gasteiger partial charge in [0.15, 0.2) is 0 Å². The summed E-state index contributed by atoms with van der Waals surface area (Å²) in [5, 5.41) is 2.75. The molecule has 0 spiro atoms. The van der Waals surface area contributed by atoms with Gasteiger partial charge < -0.3 is 15.8 Å². The molecule has 0 aromatic rings. The Morgan fingerprint density at radius 2 is 2.27 bits per heavy atom. The van der Waals surface area contributed by atoms with Gasteiger partial charge in [-0.15, -0.1) is 0 Å². The molecule has 0 radical (unpaired) electrons. The van der Waals surface area contributed by atoms with Crippen molar-refractivity contribution in [2.75, 3.05) is 19.8 Å². The molecule has 0 bridgehead atoms. The first kappa shape index (κ1) is 14.1. The third-order valence-corrected chi connectivity index (χ3v) is 1.89. The van der Waals surface area contributed by atoms with E-state index in [4.69, 9.17) is 10.5 Å². The Labute approximate surface area is 91.9 Å². The smallest absolute Gasteiger partial charge is 0.221 e. The number of rotatable bonds is 8. The van der Waals surface area contributed by atoms with Crippen LogP contribution in [0.4, 0.5) is 0 Å². The van der Waals surface area contributed by atoms with Crippen molar-refractivity contribution in [2.24, 2.45) is 5.73 Å². The zero-order valence-corrected chi connectivity index (χ0v) is 9.71. The Balaban J connectivity index is 3.35. The van der Waals surface area contributed by atoms with E-state index in [-0.39, 0.29) is 11.9 Å². The first-order chi connectivity index (χ1) is 7.06. The fourth-order valence-electron chi connectivity index (χ4n) is 0.964. The molecule has 0 fully saturated rings. The Morgan fingerprint density at radius 3 is 2.80 bits per heavy atom. The summed E-state index contributed by atoms with van der Waals surface area (Å²) in [6.07, 6.45) is 1.20. The van der Waals surface area contributed by atoms with Gasteiger partial charge in [0, 0.05) is 19.0 Å². The molecule has 4 heteroatoms. The predicted octanol–water partition coefficient (Wildman–Crippen LogP) is 0.823. The first-order valence-electron chi connectivity index (χ1n) is 5.30. The highest BCUT2D eigenvalue weighted by Crippen LogP contribution is 1.92. The van der Waals surface area contributed by atoms with Gasteiger partial charge in [-0.05, 0) is 13.3 Å². The molecule has 88 valence electrons. The number of amides is 1. The molecule has 0 saturated heterocycles. The standard InChI is InChI=1S/C11H22N2O2/c1-4-10(12)7-11(14)13-5-6-15-8-9(2)3/h10H,2,4-8,12H2,1,3H3,(H,13,14). The number of hydrogen-bond acceptors (Lipinski definition) is 3. The maximum Gasteiger partial charge on any atom is 0.221 e. The van der Waals surface area contributed by atoms with E-state index in [2.05, 4.69) is 11.9 Å². The summed E-state index contributed by atoms with van der Waals surface area (Å²) >= 11 is 0. The summed E-state index contributed by atoms with van der Waals surface area (Å²) in [6, 6.07) is -0.0404. The van der Waals surface area contributed by atoms with Crippen LogP contribution < -0.4 is 11.1 Å². The summed E-state index contributed by atoms with van der Waals surface area (Å²) in [7, 11) is 0. The van der Waals surface area contributed by atoms with Crippen molar-refractivity contribution in [1.82, 2.24) is 5.32 Å². The van der Waals surface area contributed by atoms with Gasteiger partial charge in [0.1, 0.15) is 0 Å². The van der Waals surface area contributed by atoms with Crippen molar-refractivity contribution in [1.29, 1.82) is 0 Å². The summed E-state index contributed by atoms with van der Waals surface area (Å²) in [4.78, 5) is 11.2. The average Bonchev–Trinajstić information content (AvgIpc) is 2.16. The zero-order chi connectivity index (χ0) is 11.7. The lowest BCUT2D eigenvalue weighted by molar-refractivity contribution is -0.121. The Bertz CT molecular complexity index is 205. The molecule has 3 N–H and O–H groups in total. The first-order valence-corrected chi connectivity index (χ1v) is 5.30. The second-order valence-corrected chi connectivity index (χ2v) is 3.73. The number of carbonyl (C=O) groups excluding carboxylic acids is 1. The number of nitrogens with two attached hydrogens (primary N) is 1. The summed E-state index contributed by atoms with van der Waals surface area (Å²) in [6.45, 7) is 9.17. The third-order valence-electron chi connectivity index (χ3n) is 1.89. The minimum atomic E-state index is -0.0404. The van der Waals surface area contributed by atoms with Crippen LogP contribution in [0.15, 0.2) is 12.2 Å². The molecular weight excluding hydrogens is 192 g/mol. The van der Waals surface area contributed by atoms with Gasteiger partial charge in [-0.1, -0.05) is 19.1 Å². The number of carbonyl (C=O) groups is 1. The van der Waals surface area contributed by atoms with E-state index < -0.39 is 0 Å². The van der Waals surface area contributed by atoms with E-state index in [1.807, 2.05) is 13.8 Å². The molecule has 4 nitrogen and oxygen atoms in total. The molecule has 15 heavy (non-hydrogen) atoms. The molecule has 0 rings (SSSR count). The van der Waals surface area contributed by atoms with Crippen LogP contribution >= 0.6 is 0 Å². The topological polar surface area (TPSA) is 64.3 Å². The predicted molar refractivity (Wildman–Crippen MR) is 61.5 cm³/mol. The SMILES string of the molecule is C=C(C)COCCNC(=O)CC(N)CC. The van der Waals surface area contributed by atoms with Gasteiger partial charge in [0.2, 0.25) is 5.91 Å². The van der Waals surface area contributed by atoms with Crippen molar-refractivity contribution in [2.45, 2.75) is 32.7 Å². The van der Waals surface area contributed by atoms with E-state index in [1.54, 1.807) is 0 Å². The van der Waals surface area contributed by atoms with Crippen molar-refractivity contribution in [3.8, 4) is 0 Å². The van der Waals surface area contributed by atoms with Crippen LogP contribution in [0.1, 0.15) is 26.7 Å². The van der Waals surface area contributed by atoms with Crippen LogP contribution in [0, 0.1) is 0 Å². The Morgan fingerprint density at radius 1 is 1.60 bits per heavy atom. The molecule has 0 aliphatic rings. The van der Waals surface area contributed by atoms with Crippen LogP contribution in [0.5, 0.6) is 0 Å². The van der Waals surface area contributed by atoms with Crippen molar-refractivity contribution >= 4 is 5.91 Å². The second-order valence-electron chi connectivity index (χ2n) is 3.73. The molecule has 0 saturated carbocycles. The molecule has 0 aromatic heterocycles. The van der Waals surface area contributed by atoms with Crippen LogP contribution in [0.25, 0.3) is 0 Å². The summed E-state index contributed by atoms with van der Waals surface area (Å²) in [5.74, 6) is -0.0109. The lowest BCUT2D eigenvalue weighted by Crippen LogP contribution is -2.33. The zero-order valence-electron chi connectivity index (χ0n) is 9.71. The normalized spacial score (nSPS) is 12.2. The number of nitrogens with one attached hydrogen (secondary N) is 1.